The second kappa shape index (κ2) is 9.05. The highest BCUT2D eigenvalue weighted by Gasteiger charge is 2.15. The average molecular weight is 380 g/mol. The van der Waals surface area contributed by atoms with Crippen LogP contribution in [0.5, 0.6) is 0 Å². The van der Waals surface area contributed by atoms with Crippen LogP contribution >= 0.6 is 11.8 Å². The van der Waals surface area contributed by atoms with Gasteiger partial charge in [0.05, 0.1) is 11.3 Å². The lowest BCUT2D eigenvalue weighted by atomic mass is 9.96. The zero-order valence-corrected chi connectivity index (χ0v) is 16.8. The van der Waals surface area contributed by atoms with Crippen LogP contribution in [-0.4, -0.2) is 16.6 Å². The van der Waals surface area contributed by atoms with E-state index < -0.39 is 0 Å². The molecule has 0 saturated heterocycles. The van der Waals surface area contributed by atoms with Gasteiger partial charge in [0.2, 0.25) is 5.91 Å². The number of amides is 1. The van der Waals surface area contributed by atoms with E-state index >= 15 is 0 Å². The molecule has 140 valence electrons. The summed E-state index contributed by atoms with van der Waals surface area (Å²) < 4.78 is 0. The number of anilines is 1. The van der Waals surface area contributed by atoms with Gasteiger partial charge in [-0.25, -0.2) is 4.98 Å². The zero-order chi connectivity index (χ0) is 19.2. The van der Waals surface area contributed by atoms with Gasteiger partial charge in [-0.05, 0) is 68.4 Å². The molecule has 1 aliphatic rings. The Labute approximate surface area is 165 Å². The van der Waals surface area contributed by atoms with Crippen LogP contribution in [0.4, 0.5) is 5.69 Å². The summed E-state index contributed by atoms with van der Waals surface area (Å²) in [6.45, 7) is 4.03. The van der Waals surface area contributed by atoms with Gasteiger partial charge in [0.15, 0.2) is 0 Å². The van der Waals surface area contributed by atoms with Crippen molar-refractivity contribution in [1.82, 2.24) is 4.98 Å². The lowest BCUT2D eigenvalue weighted by Gasteiger charge is -2.15. The largest absolute Gasteiger partial charge is 0.325 e. The van der Waals surface area contributed by atoms with E-state index in [4.69, 9.17) is 4.98 Å². The van der Waals surface area contributed by atoms with E-state index in [1.54, 1.807) is 0 Å². The molecule has 0 aliphatic heterocycles. The molecule has 2 aromatic rings. The molecule has 27 heavy (non-hydrogen) atoms. The molecule has 1 amide bonds. The van der Waals surface area contributed by atoms with E-state index in [9.17, 15) is 10.1 Å². The summed E-state index contributed by atoms with van der Waals surface area (Å²) in [5.74, 6) is 0.166. The van der Waals surface area contributed by atoms with Crippen LogP contribution in [0.3, 0.4) is 0 Å². The van der Waals surface area contributed by atoms with Gasteiger partial charge in [-0.2, -0.15) is 5.26 Å². The number of nitriles is 1. The van der Waals surface area contributed by atoms with Crippen LogP contribution in [0, 0.1) is 25.2 Å². The second-order valence-electron chi connectivity index (χ2n) is 7.06. The number of thioether (sulfide) groups is 1. The van der Waals surface area contributed by atoms with Gasteiger partial charge in [-0.3, -0.25) is 4.79 Å². The number of aromatic nitrogens is 1. The summed E-state index contributed by atoms with van der Waals surface area (Å²) in [6.07, 6.45) is 6.74. The van der Waals surface area contributed by atoms with Crippen molar-refractivity contribution in [1.29, 1.82) is 5.26 Å². The van der Waals surface area contributed by atoms with E-state index in [2.05, 4.69) is 11.4 Å². The van der Waals surface area contributed by atoms with Crippen LogP contribution in [0.1, 0.15) is 53.6 Å². The minimum absolute atomic E-state index is 0.0777. The number of aryl methyl sites for hydroxylation is 3. The van der Waals surface area contributed by atoms with Crippen LogP contribution in [-0.2, 0) is 17.6 Å². The van der Waals surface area contributed by atoms with Gasteiger partial charge in [0, 0.05) is 11.4 Å². The Morgan fingerprint density at radius 1 is 1.22 bits per heavy atom. The van der Waals surface area contributed by atoms with Gasteiger partial charge in [-0.15, -0.1) is 0 Å². The summed E-state index contributed by atoms with van der Waals surface area (Å²) in [5.41, 5.74) is 5.95. The maximum Gasteiger partial charge on any atom is 0.234 e. The molecule has 1 aliphatic carbocycles. The van der Waals surface area contributed by atoms with Crippen molar-refractivity contribution in [3.63, 3.8) is 0 Å². The molecule has 0 radical (unpaired) electrons. The minimum atomic E-state index is -0.0777. The van der Waals surface area contributed by atoms with E-state index in [1.165, 1.54) is 30.2 Å². The third-order valence-electron chi connectivity index (χ3n) is 5.10. The number of nitrogens with one attached hydrogen (secondary N) is 1. The third-order valence-corrected chi connectivity index (χ3v) is 6.10. The predicted molar refractivity (Wildman–Crippen MR) is 110 cm³/mol. The number of carbonyl (C=O) groups excluding carboxylic acids is 1. The van der Waals surface area contributed by atoms with Crippen molar-refractivity contribution < 1.29 is 4.79 Å². The number of benzene rings is 1. The lowest BCUT2D eigenvalue weighted by Crippen LogP contribution is -2.15. The maximum absolute atomic E-state index is 12.4. The van der Waals surface area contributed by atoms with Crippen molar-refractivity contribution in [2.45, 2.75) is 57.4 Å². The molecule has 1 N–H and O–H groups in total. The van der Waals surface area contributed by atoms with Gasteiger partial charge in [-0.1, -0.05) is 36.7 Å². The molecule has 1 aromatic heterocycles. The number of carbonyl (C=O) groups is 1. The third kappa shape index (κ3) is 4.90. The first-order valence-corrected chi connectivity index (χ1v) is 10.5. The number of hydrogen-bond acceptors (Lipinski definition) is 4. The Morgan fingerprint density at radius 3 is 2.78 bits per heavy atom. The maximum atomic E-state index is 12.4. The first-order valence-electron chi connectivity index (χ1n) is 9.50. The summed E-state index contributed by atoms with van der Waals surface area (Å²) in [6, 6.07) is 10.1. The number of rotatable bonds is 4. The van der Waals surface area contributed by atoms with Gasteiger partial charge in [0.25, 0.3) is 0 Å². The highest BCUT2D eigenvalue weighted by molar-refractivity contribution is 8.00. The second-order valence-corrected chi connectivity index (χ2v) is 8.02. The zero-order valence-electron chi connectivity index (χ0n) is 16.0. The topological polar surface area (TPSA) is 65.8 Å². The van der Waals surface area contributed by atoms with Gasteiger partial charge in [0.1, 0.15) is 11.1 Å². The molecule has 3 rings (SSSR count). The fourth-order valence-corrected chi connectivity index (χ4v) is 4.14. The fourth-order valence-electron chi connectivity index (χ4n) is 3.37. The van der Waals surface area contributed by atoms with Gasteiger partial charge < -0.3 is 5.32 Å². The number of nitrogens with zero attached hydrogens (tertiary/aromatic N) is 2. The molecule has 0 bridgehead atoms. The predicted octanol–water partition coefficient (Wildman–Crippen LogP) is 4.96. The Kier molecular flexibility index (Phi) is 6.52. The molecular formula is C22H25N3OS. The molecule has 5 heteroatoms. The van der Waals surface area contributed by atoms with Crippen molar-refractivity contribution >= 4 is 23.4 Å². The number of pyridine rings is 1. The normalized spacial score (nSPS) is 13.8. The van der Waals surface area contributed by atoms with Crippen molar-refractivity contribution in [3.05, 3.63) is 52.2 Å². The fraction of sp³-hybridized carbons (Fsp3) is 0.409. The Balaban J connectivity index is 1.71. The van der Waals surface area contributed by atoms with Crippen LogP contribution in [0.15, 0.2) is 29.3 Å². The molecule has 4 nitrogen and oxygen atoms in total. The van der Waals surface area contributed by atoms with E-state index in [-0.39, 0.29) is 11.7 Å². The average Bonchev–Trinajstić information content (AvgIpc) is 2.64. The van der Waals surface area contributed by atoms with Crippen LogP contribution < -0.4 is 5.32 Å². The van der Waals surface area contributed by atoms with E-state index in [0.717, 1.165) is 48.2 Å². The molecule has 0 fully saturated rings. The van der Waals surface area contributed by atoms with Crippen molar-refractivity contribution in [2.75, 3.05) is 11.1 Å². The first kappa shape index (κ1) is 19.4. The number of hydrogen-bond donors (Lipinski definition) is 1. The quantitative estimate of drug-likeness (QED) is 0.763. The Morgan fingerprint density at radius 2 is 2.00 bits per heavy atom. The molecule has 1 aromatic carbocycles. The lowest BCUT2D eigenvalue weighted by molar-refractivity contribution is -0.113. The molecular weight excluding hydrogens is 354 g/mol. The summed E-state index contributed by atoms with van der Waals surface area (Å²) in [5, 5.41) is 13.2. The van der Waals surface area contributed by atoms with Crippen LogP contribution in [0.2, 0.25) is 0 Å². The Hall–Kier alpha value is -2.32. The SMILES string of the molecule is Cc1cccc(NC(=O)CSc2nc3c(cc2C#N)CCCCCC3)c1C. The molecule has 0 spiro atoms. The first-order chi connectivity index (χ1) is 13.1. The summed E-state index contributed by atoms with van der Waals surface area (Å²) >= 11 is 1.35. The Bertz CT molecular complexity index is 886. The minimum Gasteiger partial charge on any atom is -0.325 e. The smallest absolute Gasteiger partial charge is 0.234 e. The summed E-state index contributed by atoms with van der Waals surface area (Å²) in [7, 11) is 0. The highest BCUT2D eigenvalue weighted by atomic mass is 32.2. The number of fused-ring (bicyclic) bond motifs is 1. The highest BCUT2D eigenvalue weighted by Crippen LogP contribution is 2.27. The van der Waals surface area contributed by atoms with Crippen LogP contribution in [0.25, 0.3) is 0 Å². The van der Waals surface area contributed by atoms with Gasteiger partial charge >= 0.3 is 0 Å². The standard InChI is InChI=1S/C22H25N3OS/c1-15-8-7-11-19(16(15)2)24-21(26)14-27-22-18(13-23)12-17-9-5-3-4-6-10-20(17)25-22/h7-8,11-12H,3-6,9-10,14H2,1-2H3,(H,24,26). The van der Waals surface area contributed by atoms with E-state index in [0.29, 0.717) is 10.6 Å². The van der Waals surface area contributed by atoms with Crippen molar-refractivity contribution in [2.24, 2.45) is 0 Å². The monoisotopic (exact) mass is 379 g/mol. The molecule has 1 heterocycles. The molecule has 0 unspecified atom stereocenters. The molecule has 0 saturated carbocycles. The van der Waals surface area contributed by atoms with E-state index in [1.807, 2.05) is 38.1 Å². The molecule has 0 atom stereocenters. The summed E-state index contributed by atoms with van der Waals surface area (Å²) in [4.78, 5) is 17.2. The van der Waals surface area contributed by atoms with Crippen molar-refractivity contribution in [3.8, 4) is 6.07 Å².